The minimum atomic E-state index is -0.924. The lowest BCUT2D eigenvalue weighted by Gasteiger charge is -2.13. The fraction of sp³-hybridized carbons (Fsp3) is 0.417. The van der Waals surface area contributed by atoms with Gasteiger partial charge < -0.3 is 20.8 Å². The standard InChI is InChI=1S/C12H18N2O3/c1-13-11(8-15)6-7-14-10-4-2-9(3-5-10)12(16)17/h2-5,11,13-15H,6-8H2,1H3,(H,16,17)/t11-/m0/s1. The number of aromatic carboxylic acids is 1. The Balaban J connectivity index is 2.39. The highest BCUT2D eigenvalue weighted by molar-refractivity contribution is 5.87. The molecule has 94 valence electrons. The van der Waals surface area contributed by atoms with Gasteiger partial charge in [-0.3, -0.25) is 0 Å². The van der Waals surface area contributed by atoms with Crippen molar-refractivity contribution in [1.29, 1.82) is 0 Å². The predicted molar refractivity (Wildman–Crippen MR) is 66.4 cm³/mol. The maximum Gasteiger partial charge on any atom is 0.335 e. The molecule has 17 heavy (non-hydrogen) atoms. The number of aliphatic hydroxyl groups excluding tert-OH is 1. The van der Waals surface area contributed by atoms with Gasteiger partial charge in [-0.1, -0.05) is 0 Å². The molecule has 5 heteroatoms. The number of carbonyl (C=O) groups is 1. The molecule has 4 N–H and O–H groups in total. The SMILES string of the molecule is CN[C@H](CO)CCNc1ccc(C(=O)O)cc1. The van der Waals surface area contributed by atoms with Crippen LogP contribution in [0.5, 0.6) is 0 Å². The van der Waals surface area contributed by atoms with Crippen LogP contribution in [0.1, 0.15) is 16.8 Å². The summed E-state index contributed by atoms with van der Waals surface area (Å²) in [6, 6.07) is 6.67. The molecule has 1 rings (SSSR count). The third kappa shape index (κ3) is 4.42. The van der Waals surface area contributed by atoms with E-state index in [2.05, 4.69) is 10.6 Å². The molecule has 5 nitrogen and oxygen atoms in total. The Hall–Kier alpha value is -1.59. The van der Waals surface area contributed by atoms with Gasteiger partial charge in [0.05, 0.1) is 12.2 Å². The first-order chi connectivity index (χ1) is 8.17. The summed E-state index contributed by atoms with van der Waals surface area (Å²) in [6.07, 6.45) is 0.799. The first kappa shape index (κ1) is 13.5. The highest BCUT2D eigenvalue weighted by Crippen LogP contribution is 2.09. The molecule has 0 aliphatic heterocycles. The molecule has 1 aromatic rings. The molecule has 0 aliphatic carbocycles. The van der Waals surface area contributed by atoms with Gasteiger partial charge >= 0.3 is 5.97 Å². The normalized spacial score (nSPS) is 12.1. The number of rotatable bonds is 7. The molecule has 0 spiro atoms. The topological polar surface area (TPSA) is 81.6 Å². The van der Waals surface area contributed by atoms with Crippen molar-refractivity contribution in [3.05, 3.63) is 29.8 Å². The Bertz CT molecular complexity index is 347. The van der Waals surface area contributed by atoms with E-state index in [0.717, 1.165) is 18.7 Å². The number of hydrogen-bond donors (Lipinski definition) is 4. The van der Waals surface area contributed by atoms with Crippen LogP contribution in [0.25, 0.3) is 0 Å². The number of carboxylic acid groups (broad SMARTS) is 1. The Kier molecular flexibility index (Phi) is 5.45. The first-order valence-corrected chi connectivity index (χ1v) is 5.52. The van der Waals surface area contributed by atoms with Gasteiger partial charge in [0.25, 0.3) is 0 Å². The minimum Gasteiger partial charge on any atom is -0.478 e. The van der Waals surface area contributed by atoms with Gasteiger partial charge in [-0.25, -0.2) is 4.79 Å². The fourth-order valence-corrected chi connectivity index (χ4v) is 1.45. The van der Waals surface area contributed by atoms with E-state index in [-0.39, 0.29) is 18.2 Å². The molecule has 0 saturated carbocycles. The van der Waals surface area contributed by atoms with Crippen molar-refractivity contribution in [2.24, 2.45) is 0 Å². The van der Waals surface area contributed by atoms with E-state index in [1.807, 2.05) is 7.05 Å². The van der Waals surface area contributed by atoms with Crippen LogP contribution in [0.3, 0.4) is 0 Å². The summed E-state index contributed by atoms with van der Waals surface area (Å²) >= 11 is 0. The van der Waals surface area contributed by atoms with E-state index in [1.165, 1.54) is 0 Å². The predicted octanol–water partition coefficient (Wildman–Crippen LogP) is 0.767. The van der Waals surface area contributed by atoms with Crippen LogP contribution in [0, 0.1) is 0 Å². The average molecular weight is 238 g/mol. The van der Waals surface area contributed by atoms with Crippen LogP contribution in [0.4, 0.5) is 5.69 Å². The van der Waals surface area contributed by atoms with Gasteiger partial charge in [0, 0.05) is 18.3 Å². The molecule has 0 heterocycles. The van der Waals surface area contributed by atoms with Crippen LogP contribution < -0.4 is 10.6 Å². The molecule has 0 fully saturated rings. The van der Waals surface area contributed by atoms with Gasteiger partial charge in [0.1, 0.15) is 0 Å². The van der Waals surface area contributed by atoms with Crippen molar-refractivity contribution in [3.63, 3.8) is 0 Å². The summed E-state index contributed by atoms with van der Waals surface area (Å²) in [4.78, 5) is 10.6. The highest BCUT2D eigenvalue weighted by Gasteiger charge is 2.04. The Morgan fingerprint density at radius 2 is 2.00 bits per heavy atom. The van der Waals surface area contributed by atoms with Gasteiger partial charge in [0.2, 0.25) is 0 Å². The molecular formula is C12H18N2O3. The zero-order valence-electron chi connectivity index (χ0n) is 9.81. The van der Waals surface area contributed by atoms with Crippen molar-refractivity contribution in [1.82, 2.24) is 5.32 Å². The molecule has 0 radical (unpaired) electrons. The van der Waals surface area contributed by atoms with Gasteiger partial charge in [-0.15, -0.1) is 0 Å². The lowest BCUT2D eigenvalue weighted by Crippen LogP contribution is -2.31. The Morgan fingerprint density at radius 3 is 2.47 bits per heavy atom. The van der Waals surface area contributed by atoms with E-state index >= 15 is 0 Å². The smallest absolute Gasteiger partial charge is 0.335 e. The largest absolute Gasteiger partial charge is 0.478 e. The molecule has 0 bridgehead atoms. The fourth-order valence-electron chi connectivity index (χ4n) is 1.45. The average Bonchev–Trinajstić information content (AvgIpc) is 2.35. The lowest BCUT2D eigenvalue weighted by atomic mass is 10.2. The van der Waals surface area contributed by atoms with Crippen molar-refractivity contribution in [2.75, 3.05) is 25.5 Å². The van der Waals surface area contributed by atoms with E-state index in [9.17, 15) is 4.79 Å². The van der Waals surface area contributed by atoms with E-state index in [0.29, 0.717) is 0 Å². The number of carboxylic acids is 1. The lowest BCUT2D eigenvalue weighted by molar-refractivity contribution is 0.0697. The second-order valence-corrected chi connectivity index (χ2v) is 3.77. The van der Waals surface area contributed by atoms with Crippen molar-refractivity contribution >= 4 is 11.7 Å². The van der Waals surface area contributed by atoms with E-state index < -0.39 is 5.97 Å². The zero-order valence-corrected chi connectivity index (χ0v) is 9.81. The first-order valence-electron chi connectivity index (χ1n) is 5.52. The maximum atomic E-state index is 10.6. The molecule has 1 atom stereocenters. The number of nitrogens with one attached hydrogen (secondary N) is 2. The van der Waals surface area contributed by atoms with Crippen LogP contribution in [-0.4, -0.2) is 42.4 Å². The summed E-state index contributed by atoms with van der Waals surface area (Å²) in [5, 5.41) is 23.9. The second-order valence-electron chi connectivity index (χ2n) is 3.77. The summed E-state index contributed by atoms with van der Waals surface area (Å²) in [6.45, 7) is 0.828. The second kappa shape index (κ2) is 6.88. The number of anilines is 1. The van der Waals surface area contributed by atoms with Crippen molar-refractivity contribution in [3.8, 4) is 0 Å². The maximum absolute atomic E-state index is 10.6. The van der Waals surface area contributed by atoms with Gasteiger partial charge in [-0.2, -0.15) is 0 Å². The summed E-state index contributed by atoms with van der Waals surface area (Å²) in [5.41, 5.74) is 1.15. The van der Waals surface area contributed by atoms with E-state index in [1.54, 1.807) is 24.3 Å². The molecule has 0 unspecified atom stereocenters. The number of likely N-dealkylation sites (N-methyl/N-ethyl adjacent to an activating group) is 1. The molecule has 0 aromatic heterocycles. The molecule has 0 aliphatic rings. The quantitative estimate of drug-likeness (QED) is 0.564. The van der Waals surface area contributed by atoms with Crippen LogP contribution in [-0.2, 0) is 0 Å². The van der Waals surface area contributed by atoms with Crippen molar-refractivity contribution < 1.29 is 15.0 Å². The third-order valence-corrected chi connectivity index (χ3v) is 2.58. The summed E-state index contributed by atoms with van der Waals surface area (Å²) < 4.78 is 0. The molecule has 0 amide bonds. The van der Waals surface area contributed by atoms with Crippen LogP contribution in [0.2, 0.25) is 0 Å². The van der Waals surface area contributed by atoms with Gasteiger partial charge in [0.15, 0.2) is 0 Å². The van der Waals surface area contributed by atoms with Crippen LogP contribution in [0.15, 0.2) is 24.3 Å². The third-order valence-electron chi connectivity index (χ3n) is 2.58. The van der Waals surface area contributed by atoms with Crippen molar-refractivity contribution in [2.45, 2.75) is 12.5 Å². The van der Waals surface area contributed by atoms with Crippen LogP contribution >= 0.6 is 0 Å². The monoisotopic (exact) mass is 238 g/mol. The minimum absolute atomic E-state index is 0.0841. The van der Waals surface area contributed by atoms with Gasteiger partial charge in [-0.05, 0) is 37.7 Å². The number of benzene rings is 1. The highest BCUT2D eigenvalue weighted by atomic mass is 16.4. The molecule has 0 saturated heterocycles. The number of aliphatic hydroxyl groups is 1. The van der Waals surface area contributed by atoms with E-state index in [4.69, 9.17) is 10.2 Å². The molecular weight excluding hydrogens is 220 g/mol. The molecule has 1 aromatic carbocycles. The number of hydrogen-bond acceptors (Lipinski definition) is 4. The Morgan fingerprint density at radius 1 is 1.35 bits per heavy atom. The zero-order chi connectivity index (χ0) is 12.7. The summed E-state index contributed by atoms with van der Waals surface area (Å²) in [7, 11) is 1.81. The summed E-state index contributed by atoms with van der Waals surface area (Å²) in [5.74, 6) is -0.924. The Labute approximate surface area is 100 Å².